The van der Waals surface area contributed by atoms with Gasteiger partial charge in [-0.2, -0.15) is 0 Å². The van der Waals surface area contributed by atoms with E-state index in [9.17, 15) is 0 Å². The third-order valence-electron chi connectivity index (χ3n) is 1.87. The molecule has 0 aliphatic carbocycles. The van der Waals surface area contributed by atoms with Crippen LogP contribution < -0.4 is 5.73 Å². The van der Waals surface area contributed by atoms with E-state index in [0.29, 0.717) is 6.04 Å². The summed E-state index contributed by atoms with van der Waals surface area (Å²) >= 11 is 0. The smallest absolute Gasteiger partial charge is 0.00385 e. The van der Waals surface area contributed by atoms with E-state index in [1.165, 1.54) is 25.9 Å². The Labute approximate surface area is 78.6 Å². The van der Waals surface area contributed by atoms with E-state index >= 15 is 0 Å². The van der Waals surface area contributed by atoms with Crippen molar-refractivity contribution in [2.75, 3.05) is 13.1 Å². The van der Waals surface area contributed by atoms with E-state index in [0.717, 1.165) is 6.04 Å². The summed E-state index contributed by atoms with van der Waals surface area (Å²) in [4.78, 5) is 2.53. The van der Waals surface area contributed by atoms with Crippen LogP contribution >= 0.6 is 0 Å². The minimum Gasteiger partial charge on any atom is -0.328 e. The van der Waals surface area contributed by atoms with Crippen LogP contribution in [0.15, 0.2) is 0 Å². The molecule has 0 spiro atoms. The molecule has 2 N–H and O–H groups in total. The maximum absolute atomic E-state index is 5.11. The number of nitrogens with two attached hydrogens (primary N) is 1. The second-order valence-corrected chi connectivity index (χ2v) is 4.08. The molecule has 0 amide bonds. The van der Waals surface area contributed by atoms with Gasteiger partial charge in [-0.1, -0.05) is 13.8 Å². The van der Waals surface area contributed by atoms with Gasteiger partial charge in [-0.05, 0) is 45.8 Å². The lowest BCUT2D eigenvalue weighted by molar-refractivity contribution is 0.276. The highest BCUT2D eigenvalue weighted by Crippen LogP contribution is 2.09. The van der Waals surface area contributed by atoms with Gasteiger partial charge < -0.3 is 10.6 Å². The summed E-state index contributed by atoms with van der Waals surface area (Å²) in [6.07, 6.45) is 2.83. The van der Waals surface area contributed by atoms with Gasteiger partial charge in [0.1, 0.15) is 0 Å². The van der Waals surface area contributed by atoms with Crippen molar-refractivity contribution < 1.29 is 1.43 Å². The Bertz CT molecular complexity index is 96.3. The first-order chi connectivity index (χ1) is 5.54. The molecule has 0 saturated carbocycles. The topological polar surface area (TPSA) is 29.3 Å². The summed E-state index contributed by atoms with van der Waals surface area (Å²) in [6, 6.07) is 1.11. The van der Waals surface area contributed by atoms with Crippen LogP contribution in [-0.4, -0.2) is 30.1 Å². The molecule has 2 nitrogen and oxygen atoms in total. The van der Waals surface area contributed by atoms with Crippen molar-refractivity contribution in [3.63, 3.8) is 0 Å². The molecule has 0 atom stereocenters. The highest BCUT2D eigenvalue weighted by atomic mass is 15.2. The van der Waals surface area contributed by atoms with Gasteiger partial charge in [0.2, 0.25) is 0 Å². The van der Waals surface area contributed by atoms with Crippen LogP contribution in [0.5, 0.6) is 0 Å². The van der Waals surface area contributed by atoms with Crippen LogP contribution in [0.4, 0.5) is 0 Å². The monoisotopic (exact) mass is 174 g/mol. The number of rotatable bonds is 1. The largest absolute Gasteiger partial charge is 0.328 e. The molecule has 0 radical (unpaired) electrons. The Morgan fingerprint density at radius 3 is 1.58 bits per heavy atom. The Hall–Kier alpha value is -0.0800. The molecule has 1 fully saturated rings. The minimum absolute atomic E-state index is 0. The third kappa shape index (κ3) is 6.62. The zero-order chi connectivity index (χ0) is 9.56. The molecule has 0 bridgehead atoms. The molecule has 0 aromatic rings. The van der Waals surface area contributed by atoms with Crippen LogP contribution in [0.2, 0.25) is 0 Å². The maximum Gasteiger partial charge on any atom is 0.00385 e. The Morgan fingerprint density at radius 1 is 1.08 bits per heavy atom. The molecule has 12 heavy (non-hydrogen) atoms. The molecule has 1 saturated heterocycles. The second kappa shape index (κ2) is 6.44. The summed E-state index contributed by atoms with van der Waals surface area (Å²) in [5, 5.41) is 0. The molecule has 2 heteroatoms. The zero-order valence-electron chi connectivity index (χ0n) is 9.01. The minimum atomic E-state index is 0. The Morgan fingerprint density at radius 2 is 1.42 bits per heavy atom. The van der Waals surface area contributed by atoms with Crippen molar-refractivity contribution in [3.8, 4) is 0 Å². The maximum atomic E-state index is 5.11. The van der Waals surface area contributed by atoms with Crippen LogP contribution in [0.25, 0.3) is 0 Å². The van der Waals surface area contributed by atoms with Crippen molar-refractivity contribution in [2.24, 2.45) is 5.73 Å². The highest BCUT2D eigenvalue weighted by molar-refractivity contribution is 4.68. The fourth-order valence-electron chi connectivity index (χ4n) is 1.26. The fourth-order valence-corrected chi connectivity index (χ4v) is 1.26. The first-order valence-electron chi connectivity index (χ1n) is 5.03. The summed E-state index contributed by atoms with van der Waals surface area (Å²) in [6.45, 7) is 11.1. The summed E-state index contributed by atoms with van der Waals surface area (Å²) < 4.78 is 0. The average molecular weight is 174 g/mol. The van der Waals surface area contributed by atoms with Crippen molar-refractivity contribution in [1.82, 2.24) is 4.90 Å². The lowest BCUT2D eigenvalue weighted by Crippen LogP contribution is -2.26. The standard InChI is InChI=1S/C7H15N.C3H9N.H2/c1-7(2)8-5-3-4-6-8;1-3(2)4;/h7H,3-6H2,1-2H3;3H,4H2,1-2H3;1H. The van der Waals surface area contributed by atoms with Gasteiger partial charge in [-0.15, -0.1) is 0 Å². The molecular formula is C10H26N2. The van der Waals surface area contributed by atoms with Crippen LogP contribution in [0.1, 0.15) is 42.0 Å². The van der Waals surface area contributed by atoms with Crippen LogP contribution in [0, 0.1) is 0 Å². The van der Waals surface area contributed by atoms with E-state index in [4.69, 9.17) is 5.73 Å². The zero-order valence-corrected chi connectivity index (χ0v) is 9.01. The first kappa shape index (κ1) is 11.9. The number of hydrogen-bond donors (Lipinski definition) is 1. The van der Waals surface area contributed by atoms with Gasteiger partial charge in [0.05, 0.1) is 0 Å². The third-order valence-corrected chi connectivity index (χ3v) is 1.87. The molecule has 1 heterocycles. The Balaban J connectivity index is 0. The predicted molar refractivity (Wildman–Crippen MR) is 57.4 cm³/mol. The molecule has 1 aliphatic heterocycles. The van der Waals surface area contributed by atoms with Gasteiger partial charge in [0.15, 0.2) is 0 Å². The number of likely N-dealkylation sites (tertiary alicyclic amines) is 1. The van der Waals surface area contributed by atoms with E-state index in [1.807, 2.05) is 13.8 Å². The van der Waals surface area contributed by atoms with Gasteiger partial charge >= 0.3 is 0 Å². The number of nitrogens with zero attached hydrogens (tertiary/aromatic N) is 1. The Kier molecular flexibility index (Phi) is 6.39. The van der Waals surface area contributed by atoms with Gasteiger partial charge in [0, 0.05) is 7.47 Å². The molecule has 1 rings (SSSR count). The predicted octanol–water partition coefficient (Wildman–Crippen LogP) is 2.09. The van der Waals surface area contributed by atoms with Crippen LogP contribution in [-0.2, 0) is 0 Å². The summed E-state index contributed by atoms with van der Waals surface area (Å²) in [5.41, 5.74) is 5.11. The van der Waals surface area contributed by atoms with Gasteiger partial charge in [-0.25, -0.2) is 0 Å². The van der Waals surface area contributed by atoms with Crippen molar-refractivity contribution in [1.29, 1.82) is 0 Å². The first-order valence-corrected chi connectivity index (χ1v) is 5.03. The lowest BCUT2D eigenvalue weighted by atomic mass is 10.3. The molecule has 1 aliphatic rings. The van der Waals surface area contributed by atoms with Crippen molar-refractivity contribution in [2.45, 2.75) is 52.6 Å². The van der Waals surface area contributed by atoms with E-state index in [1.54, 1.807) is 0 Å². The van der Waals surface area contributed by atoms with E-state index < -0.39 is 0 Å². The van der Waals surface area contributed by atoms with Gasteiger partial charge in [0.25, 0.3) is 0 Å². The molecule has 0 aromatic heterocycles. The molecular weight excluding hydrogens is 148 g/mol. The molecule has 0 aromatic carbocycles. The lowest BCUT2D eigenvalue weighted by Gasteiger charge is -2.18. The SMILES string of the molecule is CC(C)N.CC(C)N1CCCC1.[HH]. The normalized spacial score (nSPS) is 18.2. The van der Waals surface area contributed by atoms with Gasteiger partial charge in [-0.3, -0.25) is 0 Å². The fraction of sp³-hybridized carbons (Fsp3) is 1.00. The van der Waals surface area contributed by atoms with Crippen LogP contribution in [0.3, 0.4) is 0 Å². The molecule has 0 unspecified atom stereocenters. The number of hydrogen-bond acceptors (Lipinski definition) is 2. The average Bonchev–Trinajstić information content (AvgIpc) is 2.34. The van der Waals surface area contributed by atoms with Crippen molar-refractivity contribution >= 4 is 0 Å². The van der Waals surface area contributed by atoms with E-state index in [-0.39, 0.29) is 1.43 Å². The highest BCUT2D eigenvalue weighted by Gasteiger charge is 2.13. The quantitative estimate of drug-likeness (QED) is 0.659. The van der Waals surface area contributed by atoms with Crippen molar-refractivity contribution in [3.05, 3.63) is 0 Å². The summed E-state index contributed by atoms with van der Waals surface area (Å²) in [7, 11) is 0. The second-order valence-electron chi connectivity index (χ2n) is 4.08. The summed E-state index contributed by atoms with van der Waals surface area (Å²) in [5.74, 6) is 0. The van der Waals surface area contributed by atoms with E-state index in [2.05, 4.69) is 18.7 Å². The molecule has 76 valence electrons.